The molecule has 2 aromatic rings. The fourth-order valence-electron chi connectivity index (χ4n) is 1.58. The number of hydrogen-bond donors (Lipinski definition) is 2. The number of hydrogen-bond acceptors (Lipinski definition) is 3. The number of carbonyl (C=O) groups excluding carboxylic acids is 2. The number of benzene rings is 2. The second-order valence-corrected chi connectivity index (χ2v) is 6.09. The van der Waals surface area contributed by atoms with Crippen molar-refractivity contribution in [2.24, 2.45) is 5.10 Å². The van der Waals surface area contributed by atoms with Crippen molar-refractivity contribution < 1.29 is 9.59 Å². The molecule has 0 aromatic heterocycles. The number of anilines is 1. The number of nitrogens with one attached hydrogen (secondary N) is 2. The molecule has 0 bridgehead atoms. The number of nitrogens with zero attached hydrogens (tertiary/aromatic N) is 1. The van der Waals surface area contributed by atoms with Gasteiger partial charge < -0.3 is 5.32 Å². The first-order valence-corrected chi connectivity index (χ1v) is 7.85. The molecule has 0 unspecified atom stereocenters. The minimum atomic E-state index is -0.924. The summed E-state index contributed by atoms with van der Waals surface area (Å²) in [5.74, 6) is -1.83. The third-order valence-electron chi connectivity index (χ3n) is 2.61. The van der Waals surface area contributed by atoms with E-state index < -0.39 is 11.8 Å². The van der Waals surface area contributed by atoms with Gasteiger partial charge in [0.15, 0.2) is 0 Å². The highest BCUT2D eigenvalue weighted by atomic mass is 79.9. The minimum Gasteiger partial charge on any atom is -0.316 e. The molecule has 0 spiro atoms. The third kappa shape index (κ3) is 5.35. The molecule has 5 nitrogen and oxygen atoms in total. The van der Waals surface area contributed by atoms with Crippen molar-refractivity contribution >= 4 is 62.8 Å². The van der Waals surface area contributed by atoms with Crippen molar-refractivity contribution in [3.63, 3.8) is 0 Å². The van der Waals surface area contributed by atoms with Crippen LogP contribution in [0.15, 0.2) is 52.0 Å². The summed E-state index contributed by atoms with van der Waals surface area (Å²) in [5.41, 5.74) is 3.14. The number of rotatable bonds is 3. The van der Waals surface area contributed by atoms with Crippen molar-refractivity contribution in [2.45, 2.75) is 0 Å². The second-order valence-electron chi connectivity index (χ2n) is 4.33. The molecule has 2 amide bonds. The molecule has 0 aliphatic rings. The first kappa shape index (κ1) is 17.5. The molecule has 8 heteroatoms. The lowest BCUT2D eigenvalue weighted by molar-refractivity contribution is -0.136. The van der Waals surface area contributed by atoms with Crippen LogP contribution in [0.25, 0.3) is 0 Å². The van der Waals surface area contributed by atoms with Crippen LogP contribution in [0.3, 0.4) is 0 Å². The lowest BCUT2D eigenvalue weighted by Gasteiger charge is -2.06. The van der Waals surface area contributed by atoms with Crippen LogP contribution in [0.2, 0.25) is 10.0 Å². The molecular formula is C15H10BrCl2N3O2. The minimum absolute atomic E-state index is 0.246. The molecule has 0 fully saturated rings. The average Bonchev–Trinajstić information content (AvgIpc) is 2.51. The van der Waals surface area contributed by atoms with Gasteiger partial charge in [0.25, 0.3) is 0 Å². The molecule has 0 atom stereocenters. The summed E-state index contributed by atoms with van der Waals surface area (Å²) in [6.07, 6.45) is 1.42. The zero-order chi connectivity index (χ0) is 16.8. The van der Waals surface area contributed by atoms with Crippen LogP contribution in [-0.2, 0) is 9.59 Å². The highest BCUT2D eigenvalue weighted by Crippen LogP contribution is 2.25. The summed E-state index contributed by atoms with van der Waals surface area (Å²) in [6, 6.07) is 11.8. The fraction of sp³-hybridized carbons (Fsp3) is 0. The highest BCUT2D eigenvalue weighted by molar-refractivity contribution is 9.10. The van der Waals surface area contributed by atoms with E-state index in [0.29, 0.717) is 5.02 Å². The number of hydrazone groups is 1. The monoisotopic (exact) mass is 413 g/mol. The zero-order valence-corrected chi connectivity index (χ0v) is 14.6. The van der Waals surface area contributed by atoms with E-state index in [9.17, 15) is 9.59 Å². The molecular weight excluding hydrogens is 405 g/mol. The van der Waals surface area contributed by atoms with Crippen molar-refractivity contribution in [1.82, 2.24) is 5.43 Å². The van der Waals surface area contributed by atoms with Crippen molar-refractivity contribution in [3.8, 4) is 0 Å². The van der Waals surface area contributed by atoms with Gasteiger partial charge in [-0.3, -0.25) is 9.59 Å². The Morgan fingerprint density at radius 1 is 1.09 bits per heavy atom. The van der Waals surface area contributed by atoms with E-state index in [4.69, 9.17) is 23.2 Å². The maximum Gasteiger partial charge on any atom is 0.329 e. The highest BCUT2D eigenvalue weighted by Gasteiger charge is 2.14. The summed E-state index contributed by atoms with van der Waals surface area (Å²) < 4.78 is 0.876. The number of amides is 2. The first-order chi connectivity index (χ1) is 11.0. The number of halogens is 3. The van der Waals surface area contributed by atoms with Gasteiger partial charge in [0, 0.05) is 9.50 Å². The summed E-state index contributed by atoms with van der Waals surface area (Å²) in [5, 5.41) is 6.74. The maximum atomic E-state index is 11.8. The van der Waals surface area contributed by atoms with Gasteiger partial charge in [0.05, 0.1) is 16.9 Å². The molecule has 2 rings (SSSR count). The second kappa shape index (κ2) is 8.10. The Morgan fingerprint density at radius 3 is 2.61 bits per heavy atom. The van der Waals surface area contributed by atoms with E-state index in [2.05, 4.69) is 31.8 Å². The molecule has 0 saturated heterocycles. The summed E-state index contributed by atoms with van der Waals surface area (Å²) in [4.78, 5) is 23.4. The Bertz CT molecular complexity index is 781. The molecule has 0 aliphatic heterocycles. The Morgan fingerprint density at radius 2 is 1.87 bits per heavy atom. The first-order valence-electron chi connectivity index (χ1n) is 6.31. The predicted octanol–water partition coefficient (Wildman–Crippen LogP) is 3.84. The Balaban J connectivity index is 1.95. The maximum absolute atomic E-state index is 11.8. The molecule has 2 aromatic carbocycles. The molecule has 0 saturated carbocycles. The normalized spacial score (nSPS) is 10.6. The largest absolute Gasteiger partial charge is 0.329 e. The van der Waals surface area contributed by atoms with Crippen LogP contribution in [0.1, 0.15) is 5.56 Å². The van der Waals surface area contributed by atoms with Gasteiger partial charge >= 0.3 is 11.8 Å². The Kier molecular flexibility index (Phi) is 6.15. The van der Waals surface area contributed by atoms with Crippen LogP contribution in [0, 0.1) is 0 Å². The van der Waals surface area contributed by atoms with E-state index in [1.165, 1.54) is 18.3 Å². The van der Waals surface area contributed by atoms with Crippen molar-refractivity contribution in [3.05, 3.63) is 62.5 Å². The standard InChI is InChI=1S/C15H10BrCl2N3O2/c16-10-3-1-2-9(6-10)8-19-21-15(23)14(22)20-13-7-11(17)4-5-12(13)18/h1-8H,(H,20,22)(H,21,23)/b19-8-. The average molecular weight is 415 g/mol. The van der Waals surface area contributed by atoms with Gasteiger partial charge in [-0.05, 0) is 35.9 Å². The lowest BCUT2D eigenvalue weighted by atomic mass is 10.2. The van der Waals surface area contributed by atoms with Crippen LogP contribution in [0.4, 0.5) is 5.69 Å². The molecule has 2 N–H and O–H groups in total. The molecule has 0 aliphatic carbocycles. The van der Waals surface area contributed by atoms with Crippen LogP contribution < -0.4 is 10.7 Å². The molecule has 0 heterocycles. The van der Waals surface area contributed by atoms with Crippen LogP contribution in [-0.4, -0.2) is 18.0 Å². The van der Waals surface area contributed by atoms with E-state index in [1.54, 1.807) is 12.1 Å². The smallest absolute Gasteiger partial charge is 0.316 e. The van der Waals surface area contributed by atoms with Gasteiger partial charge in [0.2, 0.25) is 0 Å². The molecule has 0 radical (unpaired) electrons. The van der Waals surface area contributed by atoms with Gasteiger partial charge in [-0.15, -0.1) is 0 Å². The third-order valence-corrected chi connectivity index (χ3v) is 3.67. The Labute approximate surface area is 150 Å². The zero-order valence-electron chi connectivity index (χ0n) is 11.5. The predicted molar refractivity (Wildman–Crippen MR) is 95.0 cm³/mol. The Hall–Kier alpha value is -1.89. The van der Waals surface area contributed by atoms with Crippen molar-refractivity contribution in [1.29, 1.82) is 0 Å². The van der Waals surface area contributed by atoms with E-state index in [0.717, 1.165) is 10.0 Å². The SMILES string of the molecule is O=C(N/N=C\c1cccc(Br)c1)C(=O)Nc1cc(Cl)ccc1Cl. The quantitative estimate of drug-likeness (QED) is 0.455. The van der Waals surface area contributed by atoms with Crippen LogP contribution in [0.5, 0.6) is 0 Å². The van der Waals surface area contributed by atoms with E-state index in [-0.39, 0.29) is 10.7 Å². The molecule has 23 heavy (non-hydrogen) atoms. The summed E-state index contributed by atoms with van der Waals surface area (Å²) in [7, 11) is 0. The van der Waals surface area contributed by atoms with Gasteiger partial charge in [-0.2, -0.15) is 5.10 Å². The number of carbonyl (C=O) groups is 2. The van der Waals surface area contributed by atoms with Gasteiger partial charge in [-0.1, -0.05) is 51.3 Å². The lowest BCUT2D eigenvalue weighted by Crippen LogP contribution is -2.32. The van der Waals surface area contributed by atoms with Crippen LogP contribution >= 0.6 is 39.1 Å². The van der Waals surface area contributed by atoms with Gasteiger partial charge in [-0.25, -0.2) is 5.43 Å². The van der Waals surface area contributed by atoms with Crippen molar-refractivity contribution in [2.75, 3.05) is 5.32 Å². The summed E-state index contributed by atoms with van der Waals surface area (Å²) in [6.45, 7) is 0. The topological polar surface area (TPSA) is 70.6 Å². The fourth-order valence-corrected chi connectivity index (χ4v) is 2.33. The molecule has 118 valence electrons. The summed E-state index contributed by atoms with van der Waals surface area (Å²) >= 11 is 15.0. The van der Waals surface area contributed by atoms with E-state index >= 15 is 0 Å². The van der Waals surface area contributed by atoms with E-state index in [1.807, 2.05) is 18.2 Å². The van der Waals surface area contributed by atoms with Gasteiger partial charge in [0.1, 0.15) is 0 Å².